The van der Waals surface area contributed by atoms with Crippen LogP contribution in [-0.4, -0.2) is 14.9 Å². The molecule has 0 spiro atoms. The fourth-order valence-electron chi connectivity index (χ4n) is 1.39. The molecule has 1 heterocycles. The molecule has 1 aliphatic heterocycles. The summed E-state index contributed by atoms with van der Waals surface area (Å²) < 4.78 is -0.193. The first kappa shape index (κ1) is 8.30. The van der Waals surface area contributed by atoms with E-state index < -0.39 is 0 Å². The van der Waals surface area contributed by atoms with Gasteiger partial charge in [0.05, 0.1) is 3.42 Å². The van der Waals surface area contributed by atoms with Gasteiger partial charge in [-0.05, 0) is 27.2 Å². The van der Waals surface area contributed by atoms with Crippen LogP contribution in [0, 0.1) is 0 Å². The van der Waals surface area contributed by atoms with Crippen molar-refractivity contribution < 1.29 is 4.79 Å². The summed E-state index contributed by atoms with van der Waals surface area (Å²) in [6.07, 6.45) is 0.916. The van der Waals surface area contributed by atoms with Crippen molar-refractivity contribution in [2.24, 2.45) is 0 Å². The van der Waals surface area contributed by atoms with Crippen molar-refractivity contribution in [2.75, 3.05) is 0 Å². The Morgan fingerprint density at radius 1 is 1.50 bits per heavy atom. The summed E-state index contributed by atoms with van der Waals surface area (Å²) in [5.74, 6) is 0.165. The topological polar surface area (TPSA) is 29.1 Å². The first-order valence-corrected chi connectivity index (χ1v) is 4.43. The smallest absolute Gasteiger partial charge is 0.236 e. The largest absolute Gasteiger partial charge is 0.350 e. The minimum Gasteiger partial charge on any atom is -0.350 e. The van der Waals surface area contributed by atoms with Gasteiger partial charge >= 0.3 is 0 Å². The van der Waals surface area contributed by atoms with Gasteiger partial charge in [0, 0.05) is 5.54 Å². The Hall–Kier alpha value is 0.200. The summed E-state index contributed by atoms with van der Waals surface area (Å²) in [5, 5.41) is 2.94. The molecule has 3 heteroatoms. The molecule has 2 nitrogen and oxygen atoms in total. The van der Waals surface area contributed by atoms with Gasteiger partial charge in [-0.3, -0.25) is 4.79 Å². The Bertz CT molecular complexity index is 174. The van der Waals surface area contributed by atoms with E-state index in [0.29, 0.717) is 0 Å². The second-order valence-corrected chi connectivity index (χ2v) is 6.09. The zero-order valence-electron chi connectivity index (χ0n) is 6.49. The third-order valence-corrected chi connectivity index (χ3v) is 2.57. The van der Waals surface area contributed by atoms with Gasteiger partial charge in [-0.15, -0.1) is 0 Å². The van der Waals surface area contributed by atoms with E-state index in [4.69, 9.17) is 0 Å². The second-order valence-electron chi connectivity index (χ2n) is 3.71. The Morgan fingerprint density at radius 2 is 2.00 bits per heavy atom. The van der Waals surface area contributed by atoms with Crippen molar-refractivity contribution in [1.29, 1.82) is 0 Å². The summed E-state index contributed by atoms with van der Waals surface area (Å²) in [4.78, 5) is 11.2. The van der Waals surface area contributed by atoms with E-state index in [0.717, 1.165) is 6.42 Å². The maximum atomic E-state index is 11.2. The summed E-state index contributed by atoms with van der Waals surface area (Å²) in [5.41, 5.74) is -0.00692. The number of hydrogen-bond acceptors (Lipinski definition) is 1. The maximum Gasteiger partial charge on any atom is 0.236 e. The van der Waals surface area contributed by atoms with Gasteiger partial charge in [0.15, 0.2) is 0 Å². The SMILES string of the molecule is CC1(C)CC(C)(I)C(=O)N1. The highest BCUT2D eigenvalue weighted by atomic mass is 127. The number of hydrogen-bond donors (Lipinski definition) is 1. The average Bonchev–Trinajstić information content (AvgIpc) is 1.73. The van der Waals surface area contributed by atoms with Crippen molar-refractivity contribution >= 4 is 28.5 Å². The molecular formula is C7H12INO. The van der Waals surface area contributed by atoms with Gasteiger partial charge in [-0.25, -0.2) is 0 Å². The van der Waals surface area contributed by atoms with Gasteiger partial charge in [-0.1, -0.05) is 22.6 Å². The van der Waals surface area contributed by atoms with Crippen molar-refractivity contribution in [2.45, 2.75) is 36.2 Å². The minimum atomic E-state index is -0.193. The summed E-state index contributed by atoms with van der Waals surface area (Å²) in [7, 11) is 0. The lowest BCUT2D eigenvalue weighted by Gasteiger charge is -2.17. The summed E-state index contributed by atoms with van der Waals surface area (Å²) >= 11 is 2.21. The highest BCUT2D eigenvalue weighted by Gasteiger charge is 2.44. The Balaban J connectivity index is 2.81. The molecule has 1 N–H and O–H groups in total. The fraction of sp³-hybridized carbons (Fsp3) is 0.857. The lowest BCUT2D eigenvalue weighted by atomic mass is 9.98. The molecule has 0 aliphatic carbocycles. The lowest BCUT2D eigenvalue weighted by Crippen LogP contribution is -2.35. The van der Waals surface area contributed by atoms with E-state index in [9.17, 15) is 4.79 Å². The molecule has 0 bridgehead atoms. The van der Waals surface area contributed by atoms with Crippen LogP contribution in [0.3, 0.4) is 0 Å². The predicted molar refractivity (Wildman–Crippen MR) is 49.3 cm³/mol. The minimum absolute atomic E-state index is 0.00692. The van der Waals surface area contributed by atoms with Crippen molar-refractivity contribution in [3.63, 3.8) is 0 Å². The first-order valence-electron chi connectivity index (χ1n) is 3.35. The summed E-state index contributed by atoms with van der Waals surface area (Å²) in [6, 6.07) is 0. The lowest BCUT2D eigenvalue weighted by molar-refractivity contribution is -0.120. The molecule has 1 aliphatic rings. The van der Waals surface area contributed by atoms with Crippen LogP contribution in [0.4, 0.5) is 0 Å². The van der Waals surface area contributed by atoms with Gasteiger partial charge < -0.3 is 5.32 Å². The van der Waals surface area contributed by atoms with Crippen LogP contribution in [-0.2, 0) is 4.79 Å². The highest BCUT2D eigenvalue weighted by molar-refractivity contribution is 14.1. The van der Waals surface area contributed by atoms with Crippen molar-refractivity contribution in [3.05, 3.63) is 0 Å². The molecule has 0 saturated carbocycles. The fourth-order valence-corrected chi connectivity index (χ4v) is 2.48. The third kappa shape index (κ3) is 1.44. The van der Waals surface area contributed by atoms with Crippen LogP contribution >= 0.6 is 22.6 Å². The van der Waals surface area contributed by atoms with E-state index in [1.165, 1.54) is 0 Å². The number of carbonyl (C=O) groups excluding carboxylic acids is 1. The highest BCUT2D eigenvalue weighted by Crippen LogP contribution is 2.35. The Labute approximate surface area is 74.9 Å². The molecular weight excluding hydrogens is 241 g/mol. The average molecular weight is 253 g/mol. The molecule has 1 saturated heterocycles. The van der Waals surface area contributed by atoms with E-state index in [2.05, 4.69) is 41.8 Å². The first-order chi connectivity index (χ1) is 4.33. The van der Waals surface area contributed by atoms with Gasteiger partial charge in [0.25, 0.3) is 0 Å². The molecule has 1 amide bonds. The zero-order valence-corrected chi connectivity index (χ0v) is 8.65. The van der Waals surface area contributed by atoms with E-state index >= 15 is 0 Å². The van der Waals surface area contributed by atoms with Crippen LogP contribution < -0.4 is 5.32 Å². The normalized spacial score (nSPS) is 37.8. The molecule has 1 atom stereocenters. The molecule has 10 heavy (non-hydrogen) atoms. The van der Waals surface area contributed by atoms with E-state index in [-0.39, 0.29) is 14.9 Å². The number of alkyl halides is 1. The van der Waals surface area contributed by atoms with Crippen LogP contribution in [0.25, 0.3) is 0 Å². The molecule has 1 rings (SSSR count). The monoisotopic (exact) mass is 253 g/mol. The molecule has 0 aromatic carbocycles. The molecule has 1 fully saturated rings. The Morgan fingerprint density at radius 3 is 2.10 bits per heavy atom. The van der Waals surface area contributed by atoms with Crippen molar-refractivity contribution in [1.82, 2.24) is 5.32 Å². The number of halogens is 1. The molecule has 0 radical (unpaired) electrons. The van der Waals surface area contributed by atoms with Crippen LogP contribution in [0.5, 0.6) is 0 Å². The van der Waals surface area contributed by atoms with E-state index in [1.807, 2.05) is 6.92 Å². The molecule has 0 aromatic heterocycles. The number of amides is 1. The van der Waals surface area contributed by atoms with Crippen molar-refractivity contribution in [3.8, 4) is 0 Å². The van der Waals surface area contributed by atoms with Crippen LogP contribution in [0.15, 0.2) is 0 Å². The third-order valence-electron chi connectivity index (χ3n) is 1.70. The molecule has 58 valence electrons. The second kappa shape index (κ2) is 2.09. The van der Waals surface area contributed by atoms with Crippen LogP contribution in [0.1, 0.15) is 27.2 Å². The summed E-state index contributed by atoms with van der Waals surface area (Å²) in [6.45, 7) is 6.07. The Kier molecular flexibility index (Phi) is 1.74. The van der Waals surface area contributed by atoms with E-state index in [1.54, 1.807) is 0 Å². The standard InChI is InChI=1S/C7H12INO/c1-6(2)4-7(3,8)5(10)9-6/h4H2,1-3H3,(H,9,10). The number of rotatable bonds is 0. The van der Waals surface area contributed by atoms with Gasteiger partial charge in [0.2, 0.25) is 5.91 Å². The number of carbonyl (C=O) groups is 1. The quantitative estimate of drug-likeness (QED) is 0.514. The number of nitrogens with one attached hydrogen (secondary N) is 1. The zero-order chi connectivity index (χ0) is 7.99. The molecule has 1 unspecified atom stereocenters. The van der Waals surface area contributed by atoms with Gasteiger partial charge in [0.1, 0.15) is 0 Å². The predicted octanol–water partition coefficient (Wildman–Crippen LogP) is 1.48. The maximum absolute atomic E-state index is 11.2. The van der Waals surface area contributed by atoms with Crippen LogP contribution in [0.2, 0.25) is 0 Å². The van der Waals surface area contributed by atoms with Gasteiger partial charge in [-0.2, -0.15) is 0 Å². The molecule has 0 aromatic rings.